The molecule has 126 valence electrons. The van der Waals surface area contributed by atoms with Crippen molar-refractivity contribution < 1.29 is 9.13 Å². The molecule has 0 saturated carbocycles. The Morgan fingerprint density at radius 1 is 1.43 bits per heavy atom. The molecular weight excluding hydrogens is 315 g/mol. The Balaban J connectivity index is 1.50. The zero-order chi connectivity index (χ0) is 16.2. The summed E-state index contributed by atoms with van der Waals surface area (Å²) in [7, 11) is 4.27. The van der Waals surface area contributed by atoms with Gasteiger partial charge in [-0.3, -0.25) is 4.90 Å². The summed E-state index contributed by atoms with van der Waals surface area (Å²) in [6.45, 7) is 3.67. The van der Waals surface area contributed by atoms with Gasteiger partial charge in [0.25, 0.3) is 0 Å². The van der Waals surface area contributed by atoms with Crippen molar-refractivity contribution in [3.05, 3.63) is 34.6 Å². The predicted octanol–water partition coefficient (Wildman–Crippen LogP) is 3.02. The lowest BCUT2D eigenvalue weighted by Crippen LogP contribution is -2.40. The molecular formula is C18H24ClFN2O. The van der Waals surface area contributed by atoms with Crippen LogP contribution in [-0.4, -0.2) is 55.2 Å². The van der Waals surface area contributed by atoms with Crippen molar-refractivity contribution in [2.45, 2.75) is 31.1 Å². The van der Waals surface area contributed by atoms with E-state index in [2.05, 4.69) is 23.9 Å². The quantitative estimate of drug-likeness (QED) is 0.839. The van der Waals surface area contributed by atoms with Crippen molar-refractivity contribution in [2.24, 2.45) is 11.8 Å². The fraction of sp³-hybridized carbons (Fsp3) is 0.667. The minimum atomic E-state index is -0.206. The van der Waals surface area contributed by atoms with Crippen LogP contribution in [0.3, 0.4) is 0 Å². The molecule has 0 amide bonds. The molecule has 5 heteroatoms. The molecule has 4 rings (SSSR count). The van der Waals surface area contributed by atoms with E-state index in [0.717, 1.165) is 31.6 Å². The van der Waals surface area contributed by atoms with Crippen LogP contribution in [0.25, 0.3) is 0 Å². The average molecular weight is 339 g/mol. The van der Waals surface area contributed by atoms with Gasteiger partial charge in [-0.05, 0) is 39.1 Å². The molecule has 3 nitrogen and oxygen atoms in total. The summed E-state index contributed by atoms with van der Waals surface area (Å²) in [5.41, 5.74) is 0.748. The maximum atomic E-state index is 14.1. The highest BCUT2D eigenvalue weighted by Crippen LogP contribution is 2.55. The third-order valence-corrected chi connectivity index (χ3v) is 6.07. The Bertz CT molecular complexity index is 611. The molecule has 3 saturated heterocycles. The first-order chi connectivity index (χ1) is 11.0. The number of hydrogen-bond acceptors (Lipinski definition) is 3. The van der Waals surface area contributed by atoms with E-state index in [9.17, 15) is 4.39 Å². The fourth-order valence-corrected chi connectivity index (χ4v) is 5.12. The molecule has 3 aliphatic heterocycles. The van der Waals surface area contributed by atoms with Gasteiger partial charge in [-0.15, -0.1) is 0 Å². The topological polar surface area (TPSA) is 15.7 Å². The van der Waals surface area contributed by atoms with Crippen LogP contribution in [0.15, 0.2) is 18.2 Å². The van der Waals surface area contributed by atoms with E-state index < -0.39 is 0 Å². The second kappa shape index (κ2) is 5.69. The summed E-state index contributed by atoms with van der Waals surface area (Å²) in [4.78, 5) is 4.63. The minimum absolute atomic E-state index is 0.0221. The minimum Gasteiger partial charge on any atom is -0.370 e. The Kier molecular flexibility index (Phi) is 3.92. The van der Waals surface area contributed by atoms with Gasteiger partial charge in [0, 0.05) is 48.6 Å². The molecule has 2 bridgehead atoms. The van der Waals surface area contributed by atoms with Crippen LogP contribution in [0.4, 0.5) is 4.39 Å². The van der Waals surface area contributed by atoms with Gasteiger partial charge in [0.15, 0.2) is 0 Å². The summed E-state index contributed by atoms with van der Waals surface area (Å²) in [6.07, 6.45) is 2.76. The molecule has 4 atom stereocenters. The summed E-state index contributed by atoms with van der Waals surface area (Å²) >= 11 is 5.85. The largest absolute Gasteiger partial charge is 0.370 e. The van der Waals surface area contributed by atoms with Crippen LogP contribution in [0.1, 0.15) is 18.4 Å². The zero-order valence-electron chi connectivity index (χ0n) is 13.8. The standard InChI is InChI=1S/C18H24ClFN2O/c1-21(2)9-14-15-10-22(11-18(15)6-5-17(14)23-18)8-12-3-4-13(19)7-16(12)20/h3-4,7,14-15,17H,5-6,8-11H2,1-2H3/t14-,15+,17+,18+/m0/s1. The lowest BCUT2D eigenvalue weighted by atomic mass is 9.73. The highest BCUT2D eigenvalue weighted by molar-refractivity contribution is 6.30. The lowest BCUT2D eigenvalue weighted by molar-refractivity contribution is 0.00137. The van der Waals surface area contributed by atoms with Crippen molar-refractivity contribution in [3.8, 4) is 0 Å². The van der Waals surface area contributed by atoms with Gasteiger partial charge in [0.05, 0.1) is 11.7 Å². The van der Waals surface area contributed by atoms with Crippen LogP contribution < -0.4 is 0 Å². The van der Waals surface area contributed by atoms with Crippen LogP contribution in [0.2, 0.25) is 5.02 Å². The Labute approximate surface area is 142 Å². The highest BCUT2D eigenvalue weighted by atomic mass is 35.5. The van der Waals surface area contributed by atoms with Crippen molar-refractivity contribution in [3.63, 3.8) is 0 Å². The van der Waals surface area contributed by atoms with Crippen molar-refractivity contribution >= 4 is 11.6 Å². The predicted molar refractivity (Wildman–Crippen MR) is 89.1 cm³/mol. The molecule has 3 aliphatic rings. The molecule has 0 unspecified atom stereocenters. The number of likely N-dealkylation sites (tertiary alicyclic amines) is 1. The first kappa shape index (κ1) is 15.8. The third-order valence-electron chi connectivity index (χ3n) is 5.84. The number of hydrogen-bond donors (Lipinski definition) is 0. The summed E-state index contributed by atoms with van der Waals surface area (Å²) < 4.78 is 20.5. The molecule has 1 aromatic rings. The number of rotatable bonds is 4. The number of halogens is 2. The molecule has 3 heterocycles. The zero-order valence-corrected chi connectivity index (χ0v) is 14.5. The lowest BCUT2D eigenvalue weighted by Gasteiger charge is -2.31. The van der Waals surface area contributed by atoms with Crippen molar-refractivity contribution in [1.82, 2.24) is 9.80 Å². The number of ether oxygens (including phenoxy) is 1. The molecule has 0 N–H and O–H groups in total. The van der Waals surface area contributed by atoms with Gasteiger partial charge in [0.2, 0.25) is 0 Å². The van der Waals surface area contributed by atoms with Gasteiger partial charge < -0.3 is 9.64 Å². The van der Waals surface area contributed by atoms with E-state index in [-0.39, 0.29) is 11.4 Å². The van der Waals surface area contributed by atoms with Crippen LogP contribution in [0.5, 0.6) is 0 Å². The second-order valence-corrected chi connectivity index (χ2v) is 8.13. The molecule has 3 fully saturated rings. The Hall–Kier alpha value is -0.680. The first-order valence-corrected chi connectivity index (χ1v) is 8.83. The summed E-state index contributed by atoms with van der Waals surface area (Å²) in [5, 5.41) is 0.455. The van der Waals surface area contributed by atoms with Crippen LogP contribution in [-0.2, 0) is 11.3 Å². The van der Waals surface area contributed by atoms with E-state index in [1.54, 1.807) is 12.1 Å². The van der Waals surface area contributed by atoms with E-state index in [1.165, 1.54) is 12.5 Å². The maximum absolute atomic E-state index is 14.1. The third kappa shape index (κ3) is 2.70. The molecule has 0 aromatic heterocycles. The van der Waals surface area contributed by atoms with Gasteiger partial charge in [-0.25, -0.2) is 4.39 Å². The Morgan fingerprint density at radius 2 is 2.26 bits per heavy atom. The normalized spacial score (nSPS) is 36.1. The van der Waals surface area contributed by atoms with Gasteiger partial charge in [0.1, 0.15) is 5.82 Å². The first-order valence-electron chi connectivity index (χ1n) is 8.46. The molecule has 1 spiro atoms. The monoisotopic (exact) mass is 338 g/mol. The van der Waals surface area contributed by atoms with Gasteiger partial charge >= 0.3 is 0 Å². The number of nitrogens with zero attached hydrogens (tertiary/aromatic N) is 2. The van der Waals surface area contributed by atoms with E-state index in [4.69, 9.17) is 16.3 Å². The fourth-order valence-electron chi connectivity index (χ4n) is 4.96. The average Bonchev–Trinajstić information content (AvgIpc) is 3.11. The molecule has 1 aromatic carbocycles. The number of benzene rings is 1. The number of fused-ring (bicyclic) bond motifs is 1. The molecule has 0 aliphatic carbocycles. The smallest absolute Gasteiger partial charge is 0.129 e. The van der Waals surface area contributed by atoms with E-state index in [0.29, 0.717) is 29.5 Å². The molecule has 23 heavy (non-hydrogen) atoms. The Morgan fingerprint density at radius 3 is 3.00 bits per heavy atom. The summed E-state index contributed by atoms with van der Waals surface area (Å²) in [6, 6.07) is 4.98. The van der Waals surface area contributed by atoms with Gasteiger partial charge in [-0.1, -0.05) is 17.7 Å². The highest BCUT2D eigenvalue weighted by Gasteiger charge is 2.62. The van der Waals surface area contributed by atoms with Gasteiger partial charge in [-0.2, -0.15) is 0 Å². The van der Waals surface area contributed by atoms with Crippen LogP contribution >= 0.6 is 11.6 Å². The van der Waals surface area contributed by atoms with E-state index >= 15 is 0 Å². The second-order valence-electron chi connectivity index (χ2n) is 7.70. The summed E-state index contributed by atoms with van der Waals surface area (Å²) in [5.74, 6) is 0.986. The van der Waals surface area contributed by atoms with Crippen LogP contribution in [0, 0.1) is 17.7 Å². The van der Waals surface area contributed by atoms with Crippen molar-refractivity contribution in [1.29, 1.82) is 0 Å². The van der Waals surface area contributed by atoms with E-state index in [1.807, 2.05) is 0 Å². The SMILES string of the molecule is CN(C)C[C@H]1[C@H]2CN(Cc3ccc(Cl)cc3F)C[C@]23CC[C@H]1O3. The maximum Gasteiger partial charge on any atom is 0.129 e. The molecule has 0 radical (unpaired) electrons. The van der Waals surface area contributed by atoms with Crippen molar-refractivity contribution in [2.75, 3.05) is 33.7 Å².